The summed E-state index contributed by atoms with van der Waals surface area (Å²) in [5.41, 5.74) is 0. The minimum Gasteiger partial charge on any atom is -0.342 e. The summed E-state index contributed by atoms with van der Waals surface area (Å²) < 4.78 is 0. The number of aromatic nitrogens is 3. The average molecular weight is 251 g/mol. The number of likely N-dealkylation sites (tertiary alicyclic amines) is 1. The number of nitrogens with one attached hydrogen (secondary N) is 1. The van der Waals surface area contributed by atoms with Gasteiger partial charge in [-0.1, -0.05) is 0 Å². The highest BCUT2D eigenvalue weighted by Gasteiger charge is 2.34. The predicted molar refractivity (Wildman–Crippen MR) is 63.2 cm³/mol. The minimum absolute atomic E-state index is 0.0179. The molecule has 1 aliphatic heterocycles. The van der Waals surface area contributed by atoms with Gasteiger partial charge in [0.25, 0.3) is 0 Å². The van der Waals surface area contributed by atoms with Crippen LogP contribution in [-0.2, 0) is 16.1 Å². The van der Waals surface area contributed by atoms with Gasteiger partial charge in [0, 0.05) is 26.6 Å². The van der Waals surface area contributed by atoms with Crippen molar-refractivity contribution in [3.8, 4) is 0 Å². The molecule has 18 heavy (non-hydrogen) atoms. The van der Waals surface area contributed by atoms with Crippen molar-refractivity contribution >= 4 is 11.8 Å². The zero-order valence-corrected chi connectivity index (χ0v) is 10.6. The van der Waals surface area contributed by atoms with Crippen molar-refractivity contribution in [2.75, 3.05) is 20.1 Å². The van der Waals surface area contributed by atoms with Crippen LogP contribution in [-0.4, -0.2) is 56.9 Å². The first kappa shape index (κ1) is 12.5. The largest absolute Gasteiger partial charge is 0.342 e. The topological polar surface area (TPSA) is 82.2 Å². The summed E-state index contributed by atoms with van der Waals surface area (Å²) in [6.07, 6.45) is 1.72. The van der Waals surface area contributed by atoms with Crippen LogP contribution >= 0.6 is 0 Å². The van der Waals surface area contributed by atoms with Gasteiger partial charge in [-0.25, -0.2) is 4.98 Å². The summed E-state index contributed by atoms with van der Waals surface area (Å²) in [6, 6.07) is 0. The van der Waals surface area contributed by atoms with E-state index in [4.69, 9.17) is 0 Å². The maximum absolute atomic E-state index is 12.2. The highest BCUT2D eigenvalue weighted by Crippen LogP contribution is 2.19. The Morgan fingerprint density at radius 2 is 2.44 bits per heavy atom. The Morgan fingerprint density at radius 1 is 1.67 bits per heavy atom. The van der Waals surface area contributed by atoms with Crippen LogP contribution < -0.4 is 0 Å². The Kier molecular flexibility index (Phi) is 3.59. The second kappa shape index (κ2) is 5.16. The molecule has 0 saturated carbocycles. The highest BCUT2D eigenvalue weighted by atomic mass is 16.2. The lowest BCUT2D eigenvalue weighted by atomic mass is 10.1. The van der Waals surface area contributed by atoms with Gasteiger partial charge >= 0.3 is 0 Å². The molecule has 0 bridgehead atoms. The van der Waals surface area contributed by atoms with Crippen LogP contribution in [0.15, 0.2) is 6.33 Å². The van der Waals surface area contributed by atoms with Gasteiger partial charge < -0.3 is 9.80 Å². The van der Waals surface area contributed by atoms with E-state index in [1.165, 1.54) is 6.33 Å². The van der Waals surface area contributed by atoms with Gasteiger partial charge in [0.2, 0.25) is 11.8 Å². The van der Waals surface area contributed by atoms with E-state index in [1.54, 1.807) is 16.8 Å². The van der Waals surface area contributed by atoms with Crippen LogP contribution in [0.1, 0.15) is 19.2 Å². The van der Waals surface area contributed by atoms with E-state index in [2.05, 4.69) is 15.2 Å². The van der Waals surface area contributed by atoms with Crippen molar-refractivity contribution in [3.63, 3.8) is 0 Å². The summed E-state index contributed by atoms with van der Waals surface area (Å²) in [5.74, 6) is 0.451. The molecule has 1 atom stereocenters. The third-order valence-electron chi connectivity index (χ3n) is 3.17. The molecule has 1 fully saturated rings. The van der Waals surface area contributed by atoms with E-state index < -0.39 is 0 Å². The van der Waals surface area contributed by atoms with E-state index in [0.29, 0.717) is 31.9 Å². The number of rotatable bonds is 4. The lowest BCUT2D eigenvalue weighted by molar-refractivity contribution is -0.135. The highest BCUT2D eigenvalue weighted by molar-refractivity contribution is 5.89. The Bertz CT molecular complexity index is 431. The van der Waals surface area contributed by atoms with Crippen molar-refractivity contribution < 1.29 is 9.59 Å². The van der Waals surface area contributed by atoms with E-state index in [9.17, 15) is 9.59 Å². The molecule has 0 aromatic carbocycles. The number of H-pyrrole nitrogens is 1. The third kappa shape index (κ3) is 2.49. The molecular formula is C11H17N5O2. The van der Waals surface area contributed by atoms with Gasteiger partial charge in [-0.15, -0.1) is 0 Å². The molecule has 1 N–H and O–H groups in total. The monoisotopic (exact) mass is 251 g/mol. The second-order valence-corrected chi connectivity index (χ2v) is 4.46. The van der Waals surface area contributed by atoms with Crippen LogP contribution in [0.4, 0.5) is 0 Å². The van der Waals surface area contributed by atoms with Crippen molar-refractivity contribution in [2.45, 2.75) is 19.9 Å². The summed E-state index contributed by atoms with van der Waals surface area (Å²) in [7, 11) is 1.71. The van der Waals surface area contributed by atoms with Crippen LogP contribution in [0.2, 0.25) is 0 Å². The van der Waals surface area contributed by atoms with Crippen molar-refractivity contribution in [1.82, 2.24) is 25.0 Å². The molecule has 1 unspecified atom stereocenters. The zero-order valence-electron chi connectivity index (χ0n) is 10.6. The van der Waals surface area contributed by atoms with Gasteiger partial charge in [-0.2, -0.15) is 5.10 Å². The number of aromatic amines is 1. The standard InChI is InChI=1S/C11H17N5O2/c1-3-16-5-8(4-10(16)17)11(18)15(2)6-9-12-7-13-14-9/h7-8H,3-6H2,1-2H3,(H,12,13,14). The zero-order chi connectivity index (χ0) is 13.1. The smallest absolute Gasteiger partial charge is 0.228 e. The average Bonchev–Trinajstić information content (AvgIpc) is 2.97. The number of nitrogens with zero attached hydrogens (tertiary/aromatic N) is 4. The number of hydrogen-bond donors (Lipinski definition) is 1. The molecular weight excluding hydrogens is 234 g/mol. The van der Waals surface area contributed by atoms with Crippen LogP contribution in [0.5, 0.6) is 0 Å². The fraction of sp³-hybridized carbons (Fsp3) is 0.636. The van der Waals surface area contributed by atoms with E-state index in [0.717, 1.165) is 0 Å². The normalized spacial score (nSPS) is 19.3. The molecule has 1 aliphatic rings. The molecule has 2 heterocycles. The first-order valence-corrected chi connectivity index (χ1v) is 5.98. The lowest BCUT2D eigenvalue weighted by Crippen LogP contribution is -2.34. The predicted octanol–water partition coefficient (Wildman–Crippen LogP) is -0.369. The third-order valence-corrected chi connectivity index (χ3v) is 3.17. The number of carbonyl (C=O) groups excluding carboxylic acids is 2. The Hall–Kier alpha value is -1.92. The molecule has 98 valence electrons. The van der Waals surface area contributed by atoms with Crippen LogP contribution in [0, 0.1) is 5.92 Å². The molecule has 1 saturated heterocycles. The van der Waals surface area contributed by atoms with Gasteiger partial charge in [0.1, 0.15) is 12.2 Å². The molecule has 7 nitrogen and oxygen atoms in total. The Morgan fingerprint density at radius 3 is 3.00 bits per heavy atom. The molecule has 7 heteroatoms. The molecule has 0 spiro atoms. The summed E-state index contributed by atoms with van der Waals surface area (Å²) >= 11 is 0. The SMILES string of the molecule is CCN1CC(C(=O)N(C)Cc2ncn[nH]2)CC1=O. The fourth-order valence-corrected chi connectivity index (χ4v) is 2.16. The summed E-state index contributed by atoms with van der Waals surface area (Å²) in [6.45, 7) is 3.49. The van der Waals surface area contributed by atoms with Crippen molar-refractivity contribution in [3.05, 3.63) is 12.2 Å². The fourth-order valence-electron chi connectivity index (χ4n) is 2.16. The second-order valence-electron chi connectivity index (χ2n) is 4.46. The van der Waals surface area contributed by atoms with E-state index in [1.807, 2.05) is 6.92 Å². The van der Waals surface area contributed by atoms with Gasteiger partial charge in [-0.3, -0.25) is 14.7 Å². The lowest BCUT2D eigenvalue weighted by Gasteiger charge is -2.19. The maximum atomic E-state index is 12.2. The quantitative estimate of drug-likeness (QED) is 0.791. The maximum Gasteiger partial charge on any atom is 0.228 e. The number of hydrogen-bond acceptors (Lipinski definition) is 4. The number of amides is 2. The molecule has 0 aliphatic carbocycles. The Balaban J connectivity index is 1.93. The van der Waals surface area contributed by atoms with Gasteiger partial charge in [0.15, 0.2) is 0 Å². The van der Waals surface area contributed by atoms with Gasteiger partial charge in [-0.05, 0) is 6.92 Å². The van der Waals surface area contributed by atoms with Crippen LogP contribution in [0.25, 0.3) is 0 Å². The molecule has 0 radical (unpaired) electrons. The first-order valence-electron chi connectivity index (χ1n) is 5.98. The Labute approximate surface area is 105 Å². The summed E-state index contributed by atoms with van der Waals surface area (Å²) in [4.78, 5) is 31.0. The van der Waals surface area contributed by atoms with E-state index in [-0.39, 0.29) is 17.7 Å². The minimum atomic E-state index is -0.231. The van der Waals surface area contributed by atoms with Crippen molar-refractivity contribution in [2.24, 2.45) is 5.92 Å². The first-order chi connectivity index (χ1) is 8.61. The van der Waals surface area contributed by atoms with Crippen molar-refractivity contribution in [1.29, 1.82) is 0 Å². The molecule has 2 amide bonds. The molecule has 1 aromatic heterocycles. The molecule has 2 rings (SSSR count). The van der Waals surface area contributed by atoms with E-state index >= 15 is 0 Å². The number of carbonyl (C=O) groups is 2. The molecule has 1 aromatic rings. The summed E-state index contributed by atoms with van der Waals surface area (Å²) in [5, 5.41) is 6.44. The van der Waals surface area contributed by atoms with Crippen LogP contribution in [0.3, 0.4) is 0 Å². The van der Waals surface area contributed by atoms with Gasteiger partial charge in [0.05, 0.1) is 12.5 Å².